The van der Waals surface area contributed by atoms with Gasteiger partial charge in [0, 0.05) is 5.69 Å². The molecule has 2 N–H and O–H groups in total. The van der Waals surface area contributed by atoms with Crippen LogP contribution in [0.4, 0.5) is 17.1 Å². The molecule has 3 aromatic rings. The van der Waals surface area contributed by atoms with Gasteiger partial charge in [-0.15, -0.1) is 0 Å². The Balaban J connectivity index is 1.84. The topological polar surface area (TPSA) is 80.2 Å². The summed E-state index contributed by atoms with van der Waals surface area (Å²) >= 11 is 0. The summed E-state index contributed by atoms with van der Waals surface area (Å²) < 4.78 is 10.1. The maximum absolute atomic E-state index is 12.2. The van der Waals surface area contributed by atoms with Crippen LogP contribution in [0.5, 0.6) is 17.2 Å². The zero-order valence-electron chi connectivity index (χ0n) is 13.2. The number of nitrogens with one attached hydrogen (secondary N) is 1. The Kier molecular flexibility index (Phi) is 4.20. The molecule has 122 valence electrons. The number of aromatic hydroxyl groups is 1. The van der Waals surface area contributed by atoms with Gasteiger partial charge in [-0.1, -0.05) is 0 Å². The van der Waals surface area contributed by atoms with Crippen molar-refractivity contribution in [3.63, 3.8) is 0 Å². The summed E-state index contributed by atoms with van der Waals surface area (Å²) in [6.45, 7) is 0. The van der Waals surface area contributed by atoms with E-state index in [1.807, 2.05) is 0 Å². The second kappa shape index (κ2) is 6.45. The summed E-state index contributed by atoms with van der Waals surface area (Å²) in [6, 6.07) is 13.9. The molecule has 0 bridgehead atoms. The predicted octanol–water partition coefficient (Wildman–Crippen LogP) is 2.62. The quantitative estimate of drug-likeness (QED) is 0.754. The molecule has 0 saturated heterocycles. The normalized spacial score (nSPS) is 11.5. The van der Waals surface area contributed by atoms with Crippen LogP contribution in [0.3, 0.4) is 0 Å². The summed E-state index contributed by atoms with van der Waals surface area (Å²) in [5.41, 5.74) is 1.04. The molecule has 6 heteroatoms. The minimum absolute atomic E-state index is 0.0381. The SMILES string of the molecule is COc1ccc(N=c2c(O)c(Nc3ccc(OC)cc3)c2=O)cc1. The molecule has 0 amide bonds. The molecule has 3 aromatic carbocycles. The number of methoxy groups -OCH3 is 2. The Morgan fingerprint density at radius 2 is 1.46 bits per heavy atom. The minimum atomic E-state index is -0.334. The van der Waals surface area contributed by atoms with E-state index in [9.17, 15) is 9.90 Å². The lowest BCUT2D eigenvalue weighted by Crippen LogP contribution is -2.33. The molecule has 0 unspecified atom stereocenters. The largest absolute Gasteiger partial charge is 0.504 e. The van der Waals surface area contributed by atoms with Gasteiger partial charge in [-0.25, -0.2) is 4.99 Å². The number of rotatable bonds is 5. The Labute approximate surface area is 138 Å². The standard InChI is InChI=1S/C18H16N2O4/c1-23-13-7-3-11(4-8-13)19-15-17(21)16(18(15)22)20-12-5-9-14(24-2)10-6-12/h3-10,19,21H,1-2H3. The van der Waals surface area contributed by atoms with Gasteiger partial charge in [-0.2, -0.15) is 0 Å². The first-order chi connectivity index (χ1) is 11.6. The van der Waals surface area contributed by atoms with Gasteiger partial charge in [0.15, 0.2) is 11.1 Å². The van der Waals surface area contributed by atoms with Crippen LogP contribution in [-0.2, 0) is 0 Å². The van der Waals surface area contributed by atoms with Crippen LogP contribution in [-0.4, -0.2) is 19.3 Å². The minimum Gasteiger partial charge on any atom is -0.504 e. The Morgan fingerprint density at radius 3 is 1.96 bits per heavy atom. The van der Waals surface area contributed by atoms with Crippen molar-refractivity contribution in [2.24, 2.45) is 4.99 Å². The van der Waals surface area contributed by atoms with Gasteiger partial charge < -0.3 is 19.9 Å². The molecule has 24 heavy (non-hydrogen) atoms. The molecule has 0 saturated carbocycles. The van der Waals surface area contributed by atoms with Gasteiger partial charge in [-0.05, 0) is 48.5 Å². The van der Waals surface area contributed by atoms with Crippen molar-refractivity contribution < 1.29 is 14.6 Å². The van der Waals surface area contributed by atoms with Crippen LogP contribution >= 0.6 is 0 Å². The Morgan fingerprint density at radius 1 is 0.917 bits per heavy atom. The first-order valence-electron chi connectivity index (χ1n) is 7.24. The summed E-state index contributed by atoms with van der Waals surface area (Å²) in [4.78, 5) is 16.3. The molecule has 3 rings (SSSR count). The van der Waals surface area contributed by atoms with Gasteiger partial charge in [0.2, 0.25) is 5.43 Å². The van der Waals surface area contributed by atoms with E-state index in [0.29, 0.717) is 22.9 Å². The van der Waals surface area contributed by atoms with E-state index in [1.165, 1.54) is 0 Å². The van der Waals surface area contributed by atoms with Crippen molar-refractivity contribution in [3.05, 3.63) is 64.1 Å². The van der Waals surface area contributed by atoms with Crippen LogP contribution < -0.4 is 25.6 Å². The van der Waals surface area contributed by atoms with Gasteiger partial charge in [0.05, 0.1) is 19.9 Å². The summed E-state index contributed by atoms with van der Waals surface area (Å²) in [7, 11) is 3.15. The molecule has 0 aromatic heterocycles. The number of hydrogen-bond acceptors (Lipinski definition) is 6. The molecular weight excluding hydrogens is 308 g/mol. The third-order valence-electron chi connectivity index (χ3n) is 3.58. The van der Waals surface area contributed by atoms with Crippen LogP contribution in [0.1, 0.15) is 0 Å². The van der Waals surface area contributed by atoms with E-state index in [2.05, 4.69) is 10.3 Å². The molecular formula is C18H16N2O4. The van der Waals surface area contributed by atoms with Gasteiger partial charge >= 0.3 is 0 Å². The van der Waals surface area contributed by atoms with Crippen molar-refractivity contribution in [1.82, 2.24) is 0 Å². The van der Waals surface area contributed by atoms with E-state index < -0.39 is 0 Å². The number of ether oxygens (including phenoxy) is 2. The van der Waals surface area contributed by atoms with E-state index in [-0.39, 0.29) is 22.2 Å². The van der Waals surface area contributed by atoms with Crippen LogP contribution in [0.2, 0.25) is 0 Å². The second-order valence-electron chi connectivity index (χ2n) is 5.06. The number of benzene rings is 2. The van der Waals surface area contributed by atoms with E-state index in [1.54, 1.807) is 62.8 Å². The van der Waals surface area contributed by atoms with Crippen LogP contribution in [0, 0.1) is 0 Å². The van der Waals surface area contributed by atoms with Crippen LogP contribution in [0.15, 0.2) is 58.3 Å². The number of hydrogen-bond donors (Lipinski definition) is 2. The van der Waals surface area contributed by atoms with Gasteiger partial charge in [-0.3, -0.25) is 4.79 Å². The third kappa shape index (κ3) is 2.94. The predicted molar refractivity (Wildman–Crippen MR) is 91.2 cm³/mol. The highest BCUT2D eigenvalue weighted by molar-refractivity contribution is 5.69. The lowest BCUT2D eigenvalue weighted by atomic mass is 10.2. The first kappa shape index (κ1) is 15.6. The maximum atomic E-state index is 12.2. The van der Waals surface area contributed by atoms with Crippen LogP contribution in [0.25, 0.3) is 0 Å². The monoisotopic (exact) mass is 324 g/mol. The van der Waals surface area contributed by atoms with Gasteiger partial charge in [0.1, 0.15) is 17.2 Å². The van der Waals surface area contributed by atoms with E-state index in [0.717, 1.165) is 0 Å². The number of anilines is 2. The fraction of sp³-hybridized carbons (Fsp3) is 0.111. The second-order valence-corrected chi connectivity index (χ2v) is 5.06. The van der Waals surface area contributed by atoms with Crippen molar-refractivity contribution in [3.8, 4) is 17.2 Å². The molecule has 6 nitrogen and oxygen atoms in total. The Hall–Kier alpha value is -3.28. The first-order valence-corrected chi connectivity index (χ1v) is 7.24. The van der Waals surface area contributed by atoms with Crippen molar-refractivity contribution in [2.75, 3.05) is 19.5 Å². The average Bonchev–Trinajstić information content (AvgIpc) is 2.64. The molecule has 0 aliphatic rings. The molecule has 0 atom stereocenters. The molecule has 0 radical (unpaired) electrons. The third-order valence-corrected chi connectivity index (χ3v) is 3.58. The molecule has 0 aliphatic heterocycles. The average molecular weight is 324 g/mol. The molecule has 0 aliphatic carbocycles. The summed E-state index contributed by atoms with van der Waals surface area (Å²) in [6.07, 6.45) is 0. The highest BCUT2D eigenvalue weighted by Crippen LogP contribution is 2.24. The fourth-order valence-corrected chi connectivity index (χ4v) is 2.21. The summed E-state index contributed by atoms with van der Waals surface area (Å²) in [5, 5.41) is 13.0. The summed E-state index contributed by atoms with van der Waals surface area (Å²) in [5.74, 6) is 1.26. The van der Waals surface area contributed by atoms with E-state index in [4.69, 9.17) is 9.47 Å². The number of nitrogens with zero attached hydrogens (tertiary/aromatic N) is 1. The zero-order valence-corrected chi connectivity index (χ0v) is 13.2. The lowest BCUT2D eigenvalue weighted by molar-refractivity contribution is 0.415. The Bertz CT molecular complexity index is 921. The smallest absolute Gasteiger partial charge is 0.235 e. The van der Waals surface area contributed by atoms with Crippen molar-refractivity contribution >= 4 is 17.1 Å². The lowest BCUT2D eigenvalue weighted by Gasteiger charge is -2.11. The maximum Gasteiger partial charge on any atom is 0.235 e. The fourth-order valence-electron chi connectivity index (χ4n) is 2.21. The van der Waals surface area contributed by atoms with E-state index >= 15 is 0 Å². The molecule has 0 heterocycles. The highest BCUT2D eigenvalue weighted by atomic mass is 16.5. The van der Waals surface area contributed by atoms with Crippen molar-refractivity contribution in [2.45, 2.75) is 0 Å². The zero-order chi connectivity index (χ0) is 17.1. The molecule has 0 fully saturated rings. The van der Waals surface area contributed by atoms with Crippen molar-refractivity contribution in [1.29, 1.82) is 0 Å². The highest BCUT2D eigenvalue weighted by Gasteiger charge is 2.18. The van der Waals surface area contributed by atoms with Gasteiger partial charge in [0.25, 0.3) is 0 Å². The molecule has 0 spiro atoms.